The highest BCUT2D eigenvalue weighted by molar-refractivity contribution is 7.80. The molecule has 0 rings (SSSR count). The van der Waals surface area contributed by atoms with Crippen molar-refractivity contribution in [1.82, 2.24) is 5.39 Å². The summed E-state index contributed by atoms with van der Waals surface area (Å²) in [5.74, 6) is 0. The molecular formula is C22H49NO10S. The third-order valence-corrected chi connectivity index (χ3v) is 5.06. The van der Waals surface area contributed by atoms with Crippen LogP contribution in [0.15, 0.2) is 0 Å². The zero-order chi connectivity index (χ0) is 25.8. The first-order chi connectivity index (χ1) is 16.4. The van der Waals surface area contributed by atoms with Gasteiger partial charge < -0.3 is 15.3 Å². The van der Waals surface area contributed by atoms with E-state index in [0.29, 0.717) is 11.8 Å². The molecule has 0 radical (unpaired) electrons. The summed E-state index contributed by atoms with van der Waals surface area (Å²) in [6.07, 6.45) is 17.6. The Morgan fingerprint density at radius 1 is 0.559 bits per heavy atom. The lowest BCUT2D eigenvalue weighted by Crippen LogP contribution is -2.28. The number of nitrogens with zero attached hydrogens (tertiary/aromatic N) is 1. The van der Waals surface area contributed by atoms with E-state index in [1.54, 1.807) is 0 Å². The van der Waals surface area contributed by atoms with E-state index in [9.17, 15) is 8.42 Å². The molecule has 0 unspecified atom stereocenters. The summed E-state index contributed by atoms with van der Waals surface area (Å²) in [5.41, 5.74) is 0. The molecule has 0 atom stereocenters. The molecule has 0 spiro atoms. The van der Waals surface area contributed by atoms with Gasteiger partial charge in [-0.2, -0.15) is 8.42 Å². The molecule has 0 bridgehead atoms. The Hall–Kier alpha value is -0.410. The first-order valence-electron chi connectivity index (χ1n) is 12.5. The van der Waals surface area contributed by atoms with Crippen molar-refractivity contribution >= 4 is 10.4 Å². The van der Waals surface area contributed by atoms with Gasteiger partial charge in [-0.25, -0.2) is 18.7 Å². The quantitative estimate of drug-likeness (QED) is 0.0797. The molecule has 0 aromatic rings. The highest BCUT2D eigenvalue weighted by Crippen LogP contribution is 2.13. The zero-order valence-corrected chi connectivity index (χ0v) is 21.8. The van der Waals surface area contributed by atoms with Gasteiger partial charge in [0.1, 0.15) is 0 Å². The minimum absolute atomic E-state index is 0.0108. The van der Waals surface area contributed by atoms with Crippen LogP contribution < -0.4 is 0 Å². The second-order valence-corrected chi connectivity index (χ2v) is 8.83. The van der Waals surface area contributed by atoms with Gasteiger partial charge in [0.05, 0.1) is 51.6 Å². The maximum Gasteiger partial charge on any atom is 0.397 e. The normalized spacial score (nSPS) is 11.6. The van der Waals surface area contributed by atoms with Crippen LogP contribution in [0.5, 0.6) is 0 Å². The van der Waals surface area contributed by atoms with Crippen molar-refractivity contribution in [2.75, 3.05) is 46.2 Å². The Morgan fingerprint density at radius 3 is 1.18 bits per heavy atom. The number of hydrogen-bond donors (Lipinski definition) is 4. The molecule has 208 valence electrons. The van der Waals surface area contributed by atoms with Gasteiger partial charge in [0.2, 0.25) is 0 Å². The monoisotopic (exact) mass is 519 g/mol. The van der Waals surface area contributed by atoms with Gasteiger partial charge in [-0.1, -0.05) is 90.4 Å². The van der Waals surface area contributed by atoms with Gasteiger partial charge in [0, 0.05) is 0 Å². The van der Waals surface area contributed by atoms with Crippen molar-refractivity contribution in [2.45, 2.75) is 96.8 Å². The molecule has 12 heteroatoms. The fraction of sp³-hybridized carbons (Fsp3) is 1.00. The molecule has 0 aliphatic carbocycles. The van der Waals surface area contributed by atoms with E-state index < -0.39 is 10.4 Å². The zero-order valence-electron chi connectivity index (χ0n) is 20.9. The minimum Gasteiger partial charge on any atom is -0.394 e. The summed E-state index contributed by atoms with van der Waals surface area (Å²) in [5, 5.41) is 25.9. The van der Waals surface area contributed by atoms with E-state index in [1.165, 1.54) is 70.6 Å². The van der Waals surface area contributed by atoms with E-state index in [4.69, 9.17) is 34.4 Å². The first-order valence-corrected chi connectivity index (χ1v) is 13.9. The Labute approximate surface area is 206 Å². The summed E-state index contributed by atoms with van der Waals surface area (Å²) in [7, 11) is -4.24. The van der Waals surface area contributed by atoms with Crippen LogP contribution in [0.3, 0.4) is 0 Å². The average Bonchev–Trinajstić information content (AvgIpc) is 2.81. The summed E-state index contributed by atoms with van der Waals surface area (Å²) < 4.78 is 33.2. The van der Waals surface area contributed by atoms with E-state index in [-0.39, 0.29) is 46.2 Å². The molecule has 0 fully saturated rings. The highest BCUT2D eigenvalue weighted by Gasteiger charge is 2.05. The summed E-state index contributed by atoms with van der Waals surface area (Å²) in [4.78, 5) is 14.1. The number of aliphatic hydroxyl groups is 3. The SMILES string of the molecule is CCCCCCCCCCCCCCCCOS(=O)(=O)O.OCCON(OCCO)OCCO. The molecule has 34 heavy (non-hydrogen) atoms. The Kier molecular flexibility index (Phi) is 30.3. The molecule has 4 N–H and O–H groups in total. The topological polar surface area (TPSA) is 155 Å². The third kappa shape index (κ3) is 33.8. The van der Waals surface area contributed by atoms with Crippen LogP contribution in [0, 0.1) is 0 Å². The van der Waals surface area contributed by atoms with Gasteiger partial charge in [0.15, 0.2) is 0 Å². The maximum atomic E-state index is 10.3. The van der Waals surface area contributed by atoms with Crippen LogP contribution in [-0.2, 0) is 29.1 Å². The molecule has 0 heterocycles. The van der Waals surface area contributed by atoms with Gasteiger partial charge >= 0.3 is 10.4 Å². The molecule has 0 aromatic carbocycles. The second-order valence-electron chi connectivity index (χ2n) is 7.74. The van der Waals surface area contributed by atoms with Crippen molar-refractivity contribution < 1.29 is 47.0 Å². The van der Waals surface area contributed by atoms with Gasteiger partial charge in [-0.15, -0.1) is 0 Å². The Balaban J connectivity index is 0. The molecule has 11 nitrogen and oxygen atoms in total. The van der Waals surface area contributed by atoms with Gasteiger partial charge in [-0.05, 0) is 6.42 Å². The van der Waals surface area contributed by atoms with Crippen molar-refractivity contribution in [3.63, 3.8) is 0 Å². The van der Waals surface area contributed by atoms with Gasteiger partial charge in [-0.3, -0.25) is 4.55 Å². The molecular weight excluding hydrogens is 470 g/mol. The van der Waals surface area contributed by atoms with Crippen molar-refractivity contribution in [1.29, 1.82) is 0 Å². The van der Waals surface area contributed by atoms with Crippen LogP contribution in [0.25, 0.3) is 0 Å². The van der Waals surface area contributed by atoms with Crippen molar-refractivity contribution in [3.05, 3.63) is 0 Å². The van der Waals surface area contributed by atoms with Crippen molar-refractivity contribution in [2.24, 2.45) is 0 Å². The third-order valence-electron chi connectivity index (χ3n) is 4.59. The lowest BCUT2D eigenvalue weighted by molar-refractivity contribution is -0.527. The number of hydrogen-bond acceptors (Lipinski definition) is 10. The predicted molar refractivity (Wildman–Crippen MR) is 129 cm³/mol. The lowest BCUT2D eigenvalue weighted by atomic mass is 10.0. The summed E-state index contributed by atoms with van der Waals surface area (Å²) in [6, 6.07) is 0. The van der Waals surface area contributed by atoms with E-state index in [0.717, 1.165) is 12.8 Å². The molecule has 0 saturated heterocycles. The fourth-order valence-electron chi connectivity index (χ4n) is 2.92. The molecule has 0 aromatic heterocycles. The number of aliphatic hydroxyl groups excluding tert-OH is 3. The largest absolute Gasteiger partial charge is 0.397 e. The number of unbranched alkanes of at least 4 members (excludes halogenated alkanes) is 13. The minimum atomic E-state index is -4.24. The average molecular weight is 520 g/mol. The number of rotatable bonds is 25. The predicted octanol–water partition coefficient (Wildman–Crippen LogP) is 3.35. The fourth-order valence-corrected chi connectivity index (χ4v) is 3.25. The van der Waals surface area contributed by atoms with Crippen LogP contribution >= 0.6 is 0 Å². The van der Waals surface area contributed by atoms with Crippen LogP contribution in [0.1, 0.15) is 96.8 Å². The van der Waals surface area contributed by atoms with Crippen LogP contribution in [0.2, 0.25) is 0 Å². The van der Waals surface area contributed by atoms with Crippen molar-refractivity contribution in [3.8, 4) is 0 Å². The maximum absolute atomic E-state index is 10.3. The van der Waals surface area contributed by atoms with E-state index >= 15 is 0 Å². The standard InChI is InChI=1S/C16H34O4S.C6H15NO6/c1-2-3-4-5-6-7-8-9-10-11-12-13-14-15-16-20-21(17,18)19;8-1-4-11-7(12-5-2-9)13-6-3-10/h2-16H2,1H3,(H,17,18,19);8-10H,1-6H2. The lowest BCUT2D eigenvalue weighted by Gasteiger charge is -2.17. The highest BCUT2D eigenvalue weighted by atomic mass is 32.3. The smallest absolute Gasteiger partial charge is 0.394 e. The van der Waals surface area contributed by atoms with E-state index in [1.807, 2.05) is 0 Å². The summed E-state index contributed by atoms with van der Waals surface area (Å²) >= 11 is 0. The van der Waals surface area contributed by atoms with E-state index in [2.05, 4.69) is 11.1 Å². The van der Waals surface area contributed by atoms with Gasteiger partial charge in [0.25, 0.3) is 0 Å². The molecule has 0 aliphatic heterocycles. The Bertz CT molecular complexity index is 463. The second kappa shape index (κ2) is 28.8. The van der Waals surface area contributed by atoms with Crippen LogP contribution in [0.4, 0.5) is 0 Å². The molecule has 0 saturated carbocycles. The molecule has 0 aliphatic rings. The first kappa shape index (κ1) is 35.8. The summed E-state index contributed by atoms with van der Waals surface area (Å²) in [6.45, 7) is 1.84. The Morgan fingerprint density at radius 2 is 0.882 bits per heavy atom. The van der Waals surface area contributed by atoms with Crippen LogP contribution in [-0.4, -0.2) is 79.9 Å². The molecule has 0 amide bonds.